The summed E-state index contributed by atoms with van der Waals surface area (Å²) in [5.41, 5.74) is 1.34. The SMILES string of the molecule is CC(NC1CC2CCC1O2)c1cccc(Br)c1. The minimum absolute atomic E-state index is 0.389. The van der Waals surface area contributed by atoms with Gasteiger partial charge in [-0.05, 0) is 43.9 Å². The molecule has 1 aromatic carbocycles. The van der Waals surface area contributed by atoms with Gasteiger partial charge in [0.2, 0.25) is 0 Å². The zero-order valence-electron chi connectivity index (χ0n) is 10.0. The van der Waals surface area contributed by atoms with Crippen LogP contribution < -0.4 is 5.32 Å². The third-order valence-electron chi connectivity index (χ3n) is 3.92. The maximum Gasteiger partial charge on any atom is 0.0733 e. The first-order valence-corrected chi connectivity index (χ1v) is 7.18. The number of nitrogens with one attached hydrogen (secondary N) is 1. The Bertz CT molecular complexity index is 409. The van der Waals surface area contributed by atoms with E-state index in [0.29, 0.717) is 24.3 Å². The van der Waals surface area contributed by atoms with Crippen molar-refractivity contribution in [1.82, 2.24) is 5.32 Å². The van der Waals surface area contributed by atoms with Crippen molar-refractivity contribution >= 4 is 15.9 Å². The summed E-state index contributed by atoms with van der Waals surface area (Å²) in [6, 6.07) is 9.46. The standard InChI is InChI=1S/C14H18BrNO/c1-9(10-3-2-4-11(15)7-10)16-13-8-12-5-6-14(13)17-12/h2-4,7,9,12-14,16H,5-6,8H2,1H3. The van der Waals surface area contributed by atoms with Crippen molar-refractivity contribution in [3.05, 3.63) is 34.3 Å². The molecule has 2 nitrogen and oxygen atoms in total. The molecule has 0 spiro atoms. The summed E-state index contributed by atoms with van der Waals surface area (Å²) in [4.78, 5) is 0. The predicted octanol–water partition coefficient (Wildman–Crippen LogP) is 3.42. The van der Waals surface area contributed by atoms with Crippen LogP contribution in [0, 0.1) is 0 Å². The lowest BCUT2D eigenvalue weighted by Crippen LogP contribution is -2.38. The molecular formula is C14H18BrNO. The van der Waals surface area contributed by atoms with E-state index in [-0.39, 0.29) is 0 Å². The fraction of sp³-hybridized carbons (Fsp3) is 0.571. The Morgan fingerprint density at radius 2 is 2.29 bits per heavy atom. The van der Waals surface area contributed by atoms with Gasteiger partial charge in [-0.1, -0.05) is 28.1 Å². The summed E-state index contributed by atoms with van der Waals surface area (Å²) in [6.45, 7) is 2.23. The number of fused-ring (bicyclic) bond motifs is 2. The summed E-state index contributed by atoms with van der Waals surface area (Å²) < 4.78 is 7.02. The number of benzene rings is 1. The van der Waals surface area contributed by atoms with Crippen molar-refractivity contribution in [3.8, 4) is 0 Å². The Morgan fingerprint density at radius 3 is 2.94 bits per heavy atom. The fourth-order valence-electron chi connectivity index (χ4n) is 3.01. The smallest absolute Gasteiger partial charge is 0.0733 e. The highest BCUT2D eigenvalue weighted by Crippen LogP contribution is 2.35. The monoisotopic (exact) mass is 295 g/mol. The highest BCUT2D eigenvalue weighted by atomic mass is 79.9. The van der Waals surface area contributed by atoms with E-state index >= 15 is 0 Å². The minimum atomic E-state index is 0.389. The van der Waals surface area contributed by atoms with Crippen LogP contribution in [0.1, 0.15) is 37.8 Å². The van der Waals surface area contributed by atoms with Crippen molar-refractivity contribution in [2.45, 2.75) is 50.5 Å². The Morgan fingerprint density at radius 1 is 1.41 bits per heavy atom. The molecule has 17 heavy (non-hydrogen) atoms. The van der Waals surface area contributed by atoms with Gasteiger partial charge in [-0.25, -0.2) is 0 Å². The largest absolute Gasteiger partial charge is 0.373 e. The topological polar surface area (TPSA) is 21.3 Å². The summed E-state index contributed by atoms with van der Waals surface area (Å²) in [6.07, 6.45) is 4.65. The lowest BCUT2D eigenvalue weighted by molar-refractivity contribution is 0.0962. The van der Waals surface area contributed by atoms with Crippen LogP contribution in [0.5, 0.6) is 0 Å². The summed E-state index contributed by atoms with van der Waals surface area (Å²) >= 11 is 3.52. The van der Waals surface area contributed by atoms with Gasteiger partial charge >= 0.3 is 0 Å². The van der Waals surface area contributed by atoms with Crippen LogP contribution in [-0.4, -0.2) is 18.2 Å². The Balaban J connectivity index is 1.65. The quantitative estimate of drug-likeness (QED) is 0.923. The molecule has 4 unspecified atom stereocenters. The maximum atomic E-state index is 5.87. The van der Waals surface area contributed by atoms with E-state index < -0.39 is 0 Å². The van der Waals surface area contributed by atoms with Crippen LogP contribution in [0.15, 0.2) is 28.7 Å². The number of ether oxygens (including phenoxy) is 1. The third kappa shape index (κ3) is 2.42. The van der Waals surface area contributed by atoms with E-state index in [1.807, 2.05) is 0 Å². The second-order valence-electron chi connectivity index (χ2n) is 5.16. The molecule has 0 aliphatic carbocycles. The van der Waals surface area contributed by atoms with Crippen molar-refractivity contribution in [2.24, 2.45) is 0 Å². The van der Waals surface area contributed by atoms with Crippen LogP contribution in [-0.2, 0) is 4.74 Å². The van der Waals surface area contributed by atoms with Crippen molar-refractivity contribution < 1.29 is 4.74 Å². The zero-order valence-corrected chi connectivity index (χ0v) is 11.6. The highest BCUT2D eigenvalue weighted by molar-refractivity contribution is 9.10. The van der Waals surface area contributed by atoms with Crippen LogP contribution in [0.2, 0.25) is 0 Å². The Hall–Kier alpha value is -0.380. The maximum absolute atomic E-state index is 5.87. The van der Waals surface area contributed by atoms with E-state index in [1.54, 1.807) is 0 Å². The molecular weight excluding hydrogens is 278 g/mol. The van der Waals surface area contributed by atoms with Gasteiger partial charge in [-0.15, -0.1) is 0 Å². The second kappa shape index (κ2) is 4.71. The molecule has 92 valence electrons. The minimum Gasteiger partial charge on any atom is -0.373 e. The average molecular weight is 296 g/mol. The first-order chi connectivity index (χ1) is 8.22. The van der Waals surface area contributed by atoms with Gasteiger partial charge in [0, 0.05) is 16.6 Å². The van der Waals surface area contributed by atoms with E-state index in [0.717, 1.165) is 4.47 Å². The molecule has 3 heteroatoms. The Kier molecular flexibility index (Phi) is 3.24. The average Bonchev–Trinajstić information content (AvgIpc) is 2.91. The van der Waals surface area contributed by atoms with E-state index in [9.17, 15) is 0 Å². The molecule has 3 rings (SSSR count). The van der Waals surface area contributed by atoms with Gasteiger partial charge in [-0.3, -0.25) is 0 Å². The number of hydrogen-bond donors (Lipinski definition) is 1. The summed E-state index contributed by atoms with van der Waals surface area (Å²) in [5.74, 6) is 0. The lowest BCUT2D eigenvalue weighted by Gasteiger charge is -2.25. The van der Waals surface area contributed by atoms with Gasteiger partial charge in [0.15, 0.2) is 0 Å². The molecule has 0 amide bonds. The molecule has 2 saturated heterocycles. The van der Waals surface area contributed by atoms with Gasteiger partial charge in [-0.2, -0.15) is 0 Å². The first kappa shape index (κ1) is 11.7. The molecule has 0 saturated carbocycles. The number of rotatable bonds is 3. The van der Waals surface area contributed by atoms with E-state index in [4.69, 9.17) is 4.74 Å². The van der Waals surface area contributed by atoms with E-state index in [1.165, 1.54) is 24.8 Å². The second-order valence-corrected chi connectivity index (χ2v) is 6.08. The molecule has 4 atom stereocenters. The van der Waals surface area contributed by atoms with Gasteiger partial charge in [0.25, 0.3) is 0 Å². The predicted molar refractivity (Wildman–Crippen MR) is 72.0 cm³/mol. The number of halogens is 1. The molecule has 2 aliphatic rings. The van der Waals surface area contributed by atoms with Crippen molar-refractivity contribution in [3.63, 3.8) is 0 Å². The van der Waals surface area contributed by atoms with Gasteiger partial charge < -0.3 is 10.1 Å². The van der Waals surface area contributed by atoms with Crippen LogP contribution >= 0.6 is 15.9 Å². The van der Waals surface area contributed by atoms with Crippen molar-refractivity contribution in [1.29, 1.82) is 0 Å². The summed E-state index contributed by atoms with van der Waals surface area (Å²) in [7, 11) is 0. The third-order valence-corrected chi connectivity index (χ3v) is 4.41. The molecule has 0 radical (unpaired) electrons. The normalized spacial score (nSPS) is 32.9. The Labute approximate surface area is 111 Å². The van der Waals surface area contributed by atoms with Crippen LogP contribution in [0.3, 0.4) is 0 Å². The first-order valence-electron chi connectivity index (χ1n) is 6.39. The lowest BCUT2D eigenvalue weighted by atomic mass is 9.94. The van der Waals surface area contributed by atoms with Crippen molar-refractivity contribution in [2.75, 3.05) is 0 Å². The number of hydrogen-bond acceptors (Lipinski definition) is 2. The van der Waals surface area contributed by atoms with Crippen LogP contribution in [0.4, 0.5) is 0 Å². The zero-order chi connectivity index (χ0) is 11.8. The van der Waals surface area contributed by atoms with Gasteiger partial charge in [0.05, 0.1) is 12.2 Å². The fourth-order valence-corrected chi connectivity index (χ4v) is 3.42. The van der Waals surface area contributed by atoms with Crippen LogP contribution in [0.25, 0.3) is 0 Å². The molecule has 1 N–H and O–H groups in total. The molecule has 0 aromatic heterocycles. The molecule has 2 fully saturated rings. The summed E-state index contributed by atoms with van der Waals surface area (Å²) in [5, 5.41) is 3.71. The van der Waals surface area contributed by atoms with Gasteiger partial charge in [0.1, 0.15) is 0 Å². The van der Waals surface area contributed by atoms with E-state index in [2.05, 4.69) is 52.4 Å². The highest BCUT2D eigenvalue weighted by Gasteiger charge is 2.40. The molecule has 1 aromatic rings. The molecule has 2 bridgehead atoms. The molecule has 2 aliphatic heterocycles. The molecule has 2 heterocycles.